The number of ketones is 1. The van der Waals surface area contributed by atoms with Crippen molar-refractivity contribution in [1.29, 1.82) is 0 Å². The maximum atomic E-state index is 12.0. The first-order valence-electron chi connectivity index (χ1n) is 7.20. The number of pyridine rings is 1. The molecule has 0 spiro atoms. The zero-order valence-corrected chi connectivity index (χ0v) is 13.7. The quantitative estimate of drug-likeness (QED) is 0.731. The molecule has 0 aliphatic rings. The van der Waals surface area contributed by atoms with Gasteiger partial charge in [-0.05, 0) is 24.4 Å². The summed E-state index contributed by atoms with van der Waals surface area (Å²) in [5.41, 5.74) is 2.24. The lowest BCUT2D eigenvalue weighted by Gasteiger charge is -2.05. The zero-order chi connectivity index (χ0) is 16.4. The second-order valence-electron chi connectivity index (χ2n) is 5.25. The number of nitrogens with one attached hydrogen (secondary N) is 1. The molecule has 0 saturated heterocycles. The highest BCUT2D eigenvalue weighted by Crippen LogP contribution is 2.19. The number of amides is 1. The number of aromatic nitrogens is 3. The normalized spacial score (nSPS) is 10.9. The first-order chi connectivity index (χ1) is 11.0. The van der Waals surface area contributed by atoms with E-state index in [1.807, 2.05) is 31.5 Å². The lowest BCUT2D eigenvalue weighted by molar-refractivity contribution is -0.116. The molecule has 0 aliphatic carbocycles. The number of Topliss-reactive ketones (excluding diaryl/α,β-unsaturated/α-hetero) is 1. The van der Waals surface area contributed by atoms with E-state index in [-0.39, 0.29) is 24.5 Å². The van der Waals surface area contributed by atoms with Crippen LogP contribution >= 0.6 is 11.3 Å². The van der Waals surface area contributed by atoms with Crippen molar-refractivity contribution in [3.05, 3.63) is 40.3 Å². The Hall–Kier alpha value is -2.54. The molecule has 1 amide bonds. The topological polar surface area (TPSA) is 76.9 Å². The third-order valence-electron chi connectivity index (χ3n) is 3.52. The van der Waals surface area contributed by atoms with Crippen molar-refractivity contribution in [2.24, 2.45) is 7.05 Å². The maximum Gasteiger partial charge on any atom is 0.224 e. The minimum atomic E-state index is -0.197. The highest BCUT2D eigenvalue weighted by molar-refractivity contribution is 7.12. The summed E-state index contributed by atoms with van der Waals surface area (Å²) in [6, 6.07) is 5.45. The summed E-state index contributed by atoms with van der Waals surface area (Å²) in [6.45, 7) is 1.90. The van der Waals surface area contributed by atoms with Crippen molar-refractivity contribution in [3.8, 4) is 0 Å². The summed E-state index contributed by atoms with van der Waals surface area (Å²) in [7, 11) is 1.83. The van der Waals surface area contributed by atoms with Gasteiger partial charge >= 0.3 is 0 Å². The highest BCUT2D eigenvalue weighted by atomic mass is 32.1. The molecule has 0 radical (unpaired) electrons. The van der Waals surface area contributed by atoms with Crippen LogP contribution in [0.3, 0.4) is 0 Å². The smallest absolute Gasteiger partial charge is 0.224 e. The van der Waals surface area contributed by atoms with Gasteiger partial charge in [0.15, 0.2) is 11.4 Å². The third-order valence-corrected chi connectivity index (χ3v) is 4.43. The van der Waals surface area contributed by atoms with Crippen molar-refractivity contribution in [3.63, 3.8) is 0 Å². The van der Waals surface area contributed by atoms with Crippen LogP contribution in [-0.2, 0) is 11.8 Å². The SMILES string of the molecule is Cc1nn(C)c2ncc(NC(=O)CCC(=O)c3cccs3)cc12. The molecule has 1 N–H and O–H groups in total. The van der Waals surface area contributed by atoms with Crippen molar-refractivity contribution in [2.75, 3.05) is 5.32 Å². The summed E-state index contributed by atoms with van der Waals surface area (Å²) in [4.78, 5) is 28.9. The Morgan fingerprint density at radius 3 is 2.91 bits per heavy atom. The molecular weight excluding hydrogens is 312 g/mol. The van der Waals surface area contributed by atoms with Crippen molar-refractivity contribution in [1.82, 2.24) is 14.8 Å². The second-order valence-corrected chi connectivity index (χ2v) is 6.20. The van der Waals surface area contributed by atoms with Gasteiger partial charge in [-0.1, -0.05) is 6.07 Å². The monoisotopic (exact) mass is 328 g/mol. The average molecular weight is 328 g/mol. The molecule has 7 heteroatoms. The number of fused-ring (bicyclic) bond motifs is 1. The Labute approximate surface area is 137 Å². The number of nitrogens with zero attached hydrogens (tertiary/aromatic N) is 3. The summed E-state index contributed by atoms with van der Waals surface area (Å²) >= 11 is 1.39. The fourth-order valence-corrected chi connectivity index (χ4v) is 3.08. The first-order valence-corrected chi connectivity index (χ1v) is 8.08. The fraction of sp³-hybridized carbons (Fsp3) is 0.250. The fourth-order valence-electron chi connectivity index (χ4n) is 2.39. The molecule has 0 fully saturated rings. The molecular formula is C16H16N4O2S. The number of carbonyl (C=O) groups is 2. The molecule has 3 heterocycles. The molecule has 118 valence electrons. The van der Waals surface area contributed by atoms with Crippen LogP contribution in [0.1, 0.15) is 28.2 Å². The molecule has 6 nitrogen and oxygen atoms in total. The summed E-state index contributed by atoms with van der Waals surface area (Å²) in [5, 5.41) is 9.83. The van der Waals surface area contributed by atoms with E-state index < -0.39 is 0 Å². The van der Waals surface area contributed by atoms with E-state index >= 15 is 0 Å². The van der Waals surface area contributed by atoms with Gasteiger partial charge in [-0.2, -0.15) is 5.10 Å². The lowest BCUT2D eigenvalue weighted by atomic mass is 10.2. The van der Waals surface area contributed by atoms with Crippen molar-refractivity contribution >= 4 is 39.7 Å². The van der Waals surface area contributed by atoms with Gasteiger partial charge in [0.05, 0.1) is 22.5 Å². The molecule has 3 aromatic heterocycles. The Balaban J connectivity index is 1.63. The summed E-state index contributed by atoms with van der Waals surface area (Å²) in [6.07, 6.45) is 1.96. The minimum Gasteiger partial charge on any atom is -0.325 e. The molecule has 0 atom stereocenters. The van der Waals surface area contributed by atoms with Gasteiger partial charge in [-0.3, -0.25) is 14.3 Å². The van der Waals surface area contributed by atoms with Crippen LogP contribution in [-0.4, -0.2) is 26.5 Å². The van der Waals surface area contributed by atoms with Gasteiger partial charge in [0.25, 0.3) is 0 Å². The van der Waals surface area contributed by atoms with Crippen LogP contribution in [0.4, 0.5) is 5.69 Å². The van der Waals surface area contributed by atoms with Gasteiger partial charge in [0.1, 0.15) is 0 Å². The van der Waals surface area contributed by atoms with Gasteiger partial charge in [-0.25, -0.2) is 4.98 Å². The summed E-state index contributed by atoms with van der Waals surface area (Å²) < 4.78 is 1.70. The zero-order valence-electron chi connectivity index (χ0n) is 12.9. The summed E-state index contributed by atoms with van der Waals surface area (Å²) in [5.74, 6) is -0.204. The molecule has 0 aliphatic heterocycles. The first kappa shape index (κ1) is 15.4. The largest absolute Gasteiger partial charge is 0.325 e. The number of hydrogen-bond donors (Lipinski definition) is 1. The minimum absolute atomic E-state index is 0.00756. The molecule has 0 saturated carbocycles. The Bertz CT molecular complexity index is 868. The molecule has 23 heavy (non-hydrogen) atoms. The number of hydrogen-bond acceptors (Lipinski definition) is 5. The standard InChI is InChI=1S/C16H16N4O2S/c1-10-12-8-11(9-17-16(12)20(2)19-10)18-15(22)6-5-13(21)14-4-3-7-23-14/h3-4,7-9H,5-6H2,1-2H3,(H,18,22). The second kappa shape index (κ2) is 6.29. The van der Waals surface area contributed by atoms with E-state index in [9.17, 15) is 9.59 Å². The van der Waals surface area contributed by atoms with E-state index in [1.165, 1.54) is 11.3 Å². The predicted octanol–water partition coefficient (Wildman–Crippen LogP) is 2.94. The predicted molar refractivity (Wildman–Crippen MR) is 89.8 cm³/mol. The Kier molecular flexibility index (Phi) is 4.20. The van der Waals surface area contributed by atoms with E-state index in [4.69, 9.17) is 0 Å². The van der Waals surface area contributed by atoms with Gasteiger partial charge in [-0.15, -0.1) is 11.3 Å². The Morgan fingerprint density at radius 2 is 2.17 bits per heavy atom. The van der Waals surface area contributed by atoms with Crippen LogP contribution in [0.15, 0.2) is 29.8 Å². The highest BCUT2D eigenvalue weighted by Gasteiger charge is 2.12. The number of carbonyl (C=O) groups excluding carboxylic acids is 2. The van der Waals surface area contributed by atoms with Crippen LogP contribution < -0.4 is 5.32 Å². The van der Waals surface area contributed by atoms with Gasteiger partial charge in [0.2, 0.25) is 5.91 Å². The number of thiophene rings is 1. The van der Waals surface area contributed by atoms with Crippen molar-refractivity contribution < 1.29 is 9.59 Å². The van der Waals surface area contributed by atoms with Crippen LogP contribution in [0, 0.1) is 6.92 Å². The Morgan fingerprint density at radius 1 is 1.35 bits per heavy atom. The van der Waals surface area contributed by atoms with E-state index in [0.29, 0.717) is 10.6 Å². The third kappa shape index (κ3) is 3.29. The number of aryl methyl sites for hydroxylation is 2. The molecule has 0 unspecified atom stereocenters. The molecule has 3 rings (SSSR count). The van der Waals surface area contributed by atoms with Crippen molar-refractivity contribution in [2.45, 2.75) is 19.8 Å². The average Bonchev–Trinajstić information content (AvgIpc) is 3.14. The lowest BCUT2D eigenvalue weighted by Crippen LogP contribution is -2.13. The van der Waals surface area contributed by atoms with Crippen LogP contribution in [0.2, 0.25) is 0 Å². The van der Waals surface area contributed by atoms with Crippen LogP contribution in [0.25, 0.3) is 11.0 Å². The van der Waals surface area contributed by atoms with E-state index in [1.54, 1.807) is 16.9 Å². The maximum absolute atomic E-state index is 12.0. The van der Waals surface area contributed by atoms with E-state index in [2.05, 4.69) is 15.4 Å². The van der Waals surface area contributed by atoms with E-state index in [0.717, 1.165) is 16.7 Å². The molecule has 0 aromatic carbocycles. The molecule has 3 aromatic rings. The van der Waals surface area contributed by atoms with Gasteiger partial charge < -0.3 is 5.32 Å². The number of anilines is 1. The number of rotatable bonds is 5. The molecule has 0 bridgehead atoms. The van der Waals surface area contributed by atoms with Crippen LogP contribution in [0.5, 0.6) is 0 Å². The van der Waals surface area contributed by atoms with Gasteiger partial charge in [0, 0.05) is 25.3 Å².